The molecule has 0 aromatic heterocycles. The van der Waals surface area contributed by atoms with Crippen molar-refractivity contribution in [2.24, 2.45) is 5.41 Å². The molecule has 128 valence electrons. The van der Waals surface area contributed by atoms with E-state index < -0.39 is 0 Å². The Kier molecular flexibility index (Phi) is 5.63. The largest absolute Gasteiger partial charge is 0.396 e. The molecule has 5 heteroatoms. The lowest BCUT2D eigenvalue weighted by molar-refractivity contribution is 0.161. The zero-order chi connectivity index (χ0) is 17.0. The van der Waals surface area contributed by atoms with Crippen LogP contribution in [0.4, 0.5) is 9.18 Å². The van der Waals surface area contributed by atoms with Crippen LogP contribution >= 0.6 is 0 Å². The summed E-state index contributed by atoms with van der Waals surface area (Å²) in [5.41, 5.74) is 1.98. The van der Waals surface area contributed by atoms with Crippen molar-refractivity contribution in [2.75, 3.05) is 19.7 Å². The number of aryl methyl sites for hydroxylation is 1. The summed E-state index contributed by atoms with van der Waals surface area (Å²) in [7, 11) is 0. The van der Waals surface area contributed by atoms with E-state index in [-0.39, 0.29) is 29.9 Å². The predicted molar refractivity (Wildman–Crippen MR) is 88.7 cm³/mol. The van der Waals surface area contributed by atoms with Crippen LogP contribution in [0.5, 0.6) is 0 Å². The molecule has 2 N–H and O–H groups in total. The van der Waals surface area contributed by atoms with E-state index in [9.17, 15) is 9.18 Å². The number of benzene rings is 1. The summed E-state index contributed by atoms with van der Waals surface area (Å²) in [6, 6.07) is 4.59. The minimum absolute atomic E-state index is 0.0104. The number of nitrogens with zero attached hydrogens (tertiary/aromatic N) is 1. The molecule has 4 nitrogen and oxygen atoms in total. The number of aliphatic hydroxyl groups is 1. The number of halogens is 1. The Labute approximate surface area is 137 Å². The van der Waals surface area contributed by atoms with Gasteiger partial charge < -0.3 is 15.3 Å². The van der Waals surface area contributed by atoms with Gasteiger partial charge in [-0.05, 0) is 47.9 Å². The number of hydrogen-bond donors (Lipinski definition) is 2. The molecule has 0 saturated heterocycles. The number of urea groups is 1. The van der Waals surface area contributed by atoms with Gasteiger partial charge >= 0.3 is 6.03 Å². The maximum atomic E-state index is 13.3. The molecule has 1 aliphatic rings. The Balaban J connectivity index is 2.04. The number of aliphatic hydroxyl groups excluding tert-OH is 1. The van der Waals surface area contributed by atoms with Crippen molar-refractivity contribution in [2.45, 2.75) is 46.1 Å². The summed E-state index contributed by atoms with van der Waals surface area (Å²) in [4.78, 5) is 14.4. The molecule has 1 aliphatic carbocycles. The van der Waals surface area contributed by atoms with E-state index in [1.807, 2.05) is 0 Å². The molecule has 1 aromatic carbocycles. The van der Waals surface area contributed by atoms with E-state index in [0.717, 1.165) is 24.0 Å². The van der Waals surface area contributed by atoms with Crippen molar-refractivity contribution >= 4 is 6.03 Å². The van der Waals surface area contributed by atoms with Crippen LogP contribution in [0, 0.1) is 11.2 Å². The second-order valence-corrected chi connectivity index (χ2v) is 7.44. The maximum Gasteiger partial charge on any atom is 0.317 e. The van der Waals surface area contributed by atoms with E-state index in [1.54, 1.807) is 17.0 Å². The van der Waals surface area contributed by atoms with Crippen LogP contribution in [0.15, 0.2) is 18.2 Å². The molecule has 0 aliphatic heterocycles. The van der Waals surface area contributed by atoms with Crippen molar-refractivity contribution < 1.29 is 14.3 Å². The van der Waals surface area contributed by atoms with E-state index in [4.69, 9.17) is 5.11 Å². The van der Waals surface area contributed by atoms with Gasteiger partial charge in [0, 0.05) is 19.7 Å². The molecule has 2 rings (SSSR count). The van der Waals surface area contributed by atoms with Crippen molar-refractivity contribution in [1.29, 1.82) is 0 Å². The average Bonchev–Trinajstić information content (AvgIpc) is 2.84. The number of nitrogens with one attached hydrogen (secondary N) is 1. The highest BCUT2D eigenvalue weighted by Crippen LogP contribution is 2.31. The Bertz CT molecular complexity index is 554. The third-order valence-corrected chi connectivity index (χ3v) is 4.02. The van der Waals surface area contributed by atoms with E-state index in [2.05, 4.69) is 26.1 Å². The van der Waals surface area contributed by atoms with Crippen molar-refractivity contribution in [1.82, 2.24) is 10.2 Å². The lowest BCUT2D eigenvalue weighted by Crippen LogP contribution is -2.45. The summed E-state index contributed by atoms with van der Waals surface area (Å²) >= 11 is 0. The summed E-state index contributed by atoms with van der Waals surface area (Å²) in [6.45, 7) is 7.48. The summed E-state index contributed by atoms with van der Waals surface area (Å²) < 4.78 is 13.3. The minimum Gasteiger partial charge on any atom is -0.396 e. The normalized spacial score (nSPS) is 17.0. The van der Waals surface area contributed by atoms with Crippen LogP contribution in [0.1, 0.15) is 50.8 Å². The second-order valence-electron chi connectivity index (χ2n) is 7.44. The molecule has 0 bridgehead atoms. The molecule has 2 amide bonds. The topological polar surface area (TPSA) is 52.6 Å². The highest BCUT2D eigenvalue weighted by molar-refractivity contribution is 5.75. The number of carbonyl (C=O) groups excluding carboxylic acids is 1. The lowest BCUT2D eigenvalue weighted by Gasteiger charge is -2.31. The Hall–Kier alpha value is -1.62. The first kappa shape index (κ1) is 17.7. The van der Waals surface area contributed by atoms with Gasteiger partial charge in [-0.1, -0.05) is 26.8 Å². The van der Waals surface area contributed by atoms with Crippen LogP contribution in [0.3, 0.4) is 0 Å². The number of carbonyl (C=O) groups is 1. The SMILES string of the molecule is CC(C)(C)CN(CCCO)C(=O)NC1CCc2cc(F)ccc21. The predicted octanol–water partition coefficient (Wildman–Crippen LogP) is 3.25. The molecule has 0 radical (unpaired) electrons. The van der Waals surface area contributed by atoms with Gasteiger partial charge in [0.2, 0.25) is 0 Å². The first-order valence-electron chi connectivity index (χ1n) is 8.25. The molecule has 1 aromatic rings. The fourth-order valence-electron chi connectivity index (χ4n) is 3.06. The number of fused-ring (bicyclic) bond motifs is 1. The van der Waals surface area contributed by atoms with Crippen LogP contribution in [-0.4, -0.2) is 35.7 Å². The van der Waals surface area contributed by atoms with Crippen LogP contribution in [0.2, 0.25) is 0 Å². The molecule has 1 atom stereocenters. The van der Waals surface area contributed by atoms with Crippen molar-refractivity contribution in [3.05, 3.63) is 35.1 Å². The Morgan fingerprint density at radius 3 is 2.83 bits per heavy atom. The number of amides is 2. The van der Waals surface area contributed by atoms with Gasteiger partial charge in [0.15, 0.2) is 0 Å². The third kappa shape index (κ3) is 4.93. The molecule has 0 fully saturated rings. The van der Waals surface area contributed by atoms with Gasteiger partial charge in [0.1, 0.15) is 5.82 Å². The van der Waals surface area contributed by atoms with Crippen molar-refractivity contribution in [3.63, 3.8) is 0 Å². The Morgan fingerprint density at radius 2 is 2.17 bits per heavy atom. The van der Waals surface area contributed by atoms with Gasteiger partial charge in [-0.25, -0.2) is 9.18 Å². The summed E-state index contributed by atoms with van der Waals surface area (Å²) in [6.07, 6.45) is 2.15. The highest BCUT2D eigenvalue weighted by atomic mass is 19.1. The quantitative estimate of drug-likeness (QED) is 0.874. The average molecular weight is 322 g/mol. The van der Waals surface area contributed by atoms with E-state index >= 15 is 0 Å². The van der Waals surface area contributed by atoms with Crippen LogP contribution in [0.25, 0.3) is 0 Å². The van der Waals surface area contributed by atoms with Gasteiger partial charge in [0.05, 0.1) is 6.04 Å². The number of rotatable bonds is 5. The fraction of sp³-hybridized carbons (Fsp3) is 0.611. The van der Waals surface area contributed by atoms with Gasteiger partial charge in [-0.15, -0.1) is 0 Å². The van der Waals surface area contributed by atoms with Crippen LogP contribution < -0.4 is 5.32 Å². The molecule has 1 unspecified atom stereocenters. The minimum atomic E-state index is -0.229. The van der Waals surface area contributed by atoms with Crippen LogP contribution in [-0.2, 0) is 6.42 Å². The molecule has 23 heavy (non-hydrogen) atoms. The molecule has 0 heterocycles. The maximum absolute atomic E-state index is 13.3. The highest BCUT2D eigenvalue weighted by Gasteiger charge is 2.27. The lowest BCUT2D eigenvalue weighted by atomic mass is 9.96. The van der Waals surface area contributed by atoms with Gasteiger partial charge in [-0.3, -0.25) is 0 Å². The molecular formula is C18H27FN2O2. The van der Waals surface area contributed by atoms with Crippen molar-refractivity contribution in [3.8, 4) is 0 Å². The van der Waals surface area contributed by atoms with Gasteiger partial charge in [0.25, 0.3) is 0 Å². The Morgan fingerprint density at radius 1 is 1.43 bits per heavy atom. The number of hydrogen-bond acceptors (Lipinski definition) is 2. The molecular weight excluding hydrogens is 295 g/mol. The standard InChI is InChI=1S/C18H27FN2O2/c1-18(2,3)12-21(9-4-10-22)17(23)20-16-8-5-13-11-14(19)6-7-15(13)16/h6-7,11,16,22H,4-5,8-10,12H2,1-3H3,(H,20,23). The van der Waals surface area contributed by atoms with E-state index in [0.29, 0.717) is 19.5 Å². The smallest absolute Gasteiger partial charge is 0.317 e. The second kappa shape index (κ2) is 7.30. The zero-order valence-corrected chi connectivity index (χ0v) is 14.2. The third-order valence-electron chi connectivity index (χ3n) is 4.02. The summed E-state index contributed by atoms with van der Waals surface area (Å²) in [5.74, 6) is -0.229. The zero-order valence-electron chi connectivity index (χ0n) is 14.2. The fourth-order valence-corrected chi connectivity index (χ4v) is 3.06. The summed E-state index contributed by atoms with van der Waals surface area (Å²) in [5, 5.41) is 12.1. The van der Waals surface area contributed by atoms with E-state index in [1.165, 1.54) is 6.07 Å². The molecule has 0 spiro atoms. The van der Waals surface area contributed by atoms with Gasteiger partial charge in [-0.2, -0.15) is 0 Å². The molecule has 0 saturated carbocycles. The first-order valence-corrected chi connectivity index (χ1v) is 8.25. The monoisotopic (exact) mass is 322 g/mol. The first-order chi connectivity index (χ1) is 10.8.